The first-order valence-corrected chi connectivity index (χ1v) is 5.20. The summed E-state index contributed by atoms with van der Waals surface area (Å²) in [6, 6.07) is 5.10. The maximum absolute atomic E-state index is 11.2. The SMILES string of the molecule is COC(=O)c1ccc(C=CCCl)cc1Cl. The fraction of sp³-hybridized carbons (Fsp3) is 0.182. The van der Waals surface area contributed by atoms with Crippen molar-refractivity contribution >= 4 is 35.2 Å². The lowest BCUT2D eigenvalue weighted by Gasteiger charge is -2.02. The molecule has 0 fully saturated rings. The number of ether oxygens (including phenoxy) is 1. The third-order valence-corrected chi connectivity index (χ3v) is 2.29. The van der Waals surface area contributed by atoms with E-state index in [2.05, 4.69) is 4.74 Å². The third kappa shape index (κ3) is 3.26. The molecular weight excluding hydrogens is 235 g/mol. The van der Waals surface area contributed by atoms with Gasteiger partial charge < -0.3 is 4.74 Å². The highest BCUT2D eigenvalue weighted by atomic mass is 35.5. The zero-order chi connectivity index (χ0) is 11.3. The van der Waals surface area contributed by atoms with Crippen LogP contribution in [0.4, 0.5) is 0 Å². The Labute approximate surface area is 98.4 Å². The van der Waals surface area contributed by atoms with Gasteiger partial charge in [-0.15, -0.1) is 11.6 Å². The Kier molecular flexibility index (Phi) is 4.66. The van der Waals surface area contributed by atoms with Crippen molar-refractivity contribution in [3.05, 3.63) is 40.4 Å². The van der Waals surface area contributed by atoms with Crippen molar-refractivity contribution in [2.45, 2.75) is 0 Å². The van der Waals surface area contributed by atoms with E-state index in [0.29, 0.717) is 16.5 Å². The summed E-state index contributed by atoms with van der Waals surface area (Å²) >= 11 is 11.4. The Balaban J connectivity index is 2.98. The summed E-state index contributed by atoms with van der Waals surface area (Å²) in [7, 11) is 1.32. The summed E-state index contributed by atoms with van der Waals surface area (Å²) in [6.07, 6.45) is 3.63. The van der Waals surface area contributed by atoms with E-state index >= 15 is 0 Å². The van der Waals surface area contributed by atoms with Crippen LogP contribution in [0.25, 0.3) is 6.08 Å². The van der Waals surface area contributed by atoms with Crippen LogP contribution < -0.4 is 0 Å². The van der Waals surface area contributed by atoms with E-state index in [4.69, 9.17) is 23.2 Å². The average molecular weight is 245 g/mol. The van der Waals surface area contributed by atoms with Gasteiger partial charge in [0.1, 0.15) is 0 Å². The van der Waals surface area contributed by atoms with Crippen LogP contribution >= 0.6 is 23.2 Å². The highest BCUT2D eigenvalue weighted by molar-refractivity contribution is 6.33. The second-order valence-corrected chi connectivity index (χ2v) is 3.50. The highest BCUT2D eigenvalue weighted by Gasteiger charge is 2.09. The molecule has 0 spiro atoms. The van der Waals surface area contributed by atoms with E-state index in [1.807, 2.05) is 6.08 Å². The summed E-state index contributed by atoms with van der Waals surface area (Å²) in [4.78, 5) is 11.2. The van der Waals surface area contributed by atoms with Crippen molar-refractivity contribution in [1.29, 1.82) is 0 Å². The molecule has 1 aromatic carbocycles. The molecular formula is C11H10Cl2O2. The van der Waals surface area contributed by atoms with Crippen LogP contribution in [0.3, 0.4) is 0 Å². The molecule has 0 saturated heterocycles. The quantitative estimate of drug-likeness (QED) is 0.602. The van der Waals surface area contributed by atoms with Gasteiger partial charge in [-0.3, -0.25) is 0 Å². The minimum absolute atomic E-state index is 0.363. The number of rotatable bonds is 3. The molecule has 0 saturated carbocycles. The van der Waals surface area contributed by atoms with E-state index in [0.717, 1.165) is 5.56 Å². The standard InChI is InChI=1S/C11H10Cl2O2/c1-15-11(14)9-5-4-8(3-2-6-12)7-10(9)13/h2-5,7H,6H2,1H3. The van der Waals surface area contributed by atoms with Crippen LogP contribution in [0.15, 0.2) is 24.3 Å². The van der Waals surface area contributed by atoms with Crippen molar-refractivity contribution in [3.63, 3.8) is 0 Å². The Morgan fingerprint density at radius 2 is 2.27 bits per heavy atom. The van der Waals surface area contributed by atoms with E-state index in [1.165, 1.54) is 7.11 Å². The molecule has 0 bridgehead atoms. The summed E-state index contributed by atoms with van der Waals surface area (Å²) in [5.74, 6) is 0.00369. The van der Waals surface area contributed by atoms with Gasteiger partial charge in [0.15, 0.2) is 0 Å². The van der Waals surface area contributed by atoms with Gasteiger partial charge in [0.25, 0.3) is 0 Å². The van der Waals surface area contributed by atoms with Crippen LogP contribution in [0.1, 0.15) is 15.9 Å². The van der Waals surface area contributed by atoms with E-state index < -0.39 is 5.97 Å². The lowest BCUT2D eigenvalue weighted by atomic mass is 10.1. The van der Waals surface area contributed by atoms with Gasteiger partial charge in [-0.05, 0) is 17.7 Å². The van der Waals surface area contributed by atoms with Gasteiger partial charge >= 0.3 is 5.97 Å². The molecule has 0 aromatic heterocycles. The summed E-state index contributed by atoms with van der Waals surface area (Å²) in [5.41, 5.74) is 1.26. The number of hydrogen-bond donors (Lipinski definition) is 0. The lowest BCUT2D eigenvalue weighted by Crippen LogP contribution is -2.01. The Morgan fingerprint density at radius 1 is 1.53 bits per heavy atom. The topological polar surface area (TPSA) is 26.3 Å². The van der Waals surface area contributed by atoms with Crippen LogP contribution in [0, 0.1) is 0 Å². The molecule has 0 radical (unpaired) electrons. The number of carbonyl (C=O) groups is 1. The maximum Gasteiger partial charge on any atom is 0.339 e. The fourth-order valence-electron chi connectivity index (χ4n) is 1.09. The van der Waals surface area contributed by atoms with Gasteiger partial charge in [-0.25, -0.2) is 4.79 Å². The first-order valence-electron chi connectivity index (χ1n) is 4.29. The molecule has 15 heavy (non-hydrogen) atoms. The number of carbonyl (C=O) groups excluding carboxylic acids is 1. The zero-order valence-electron chi connectivity index (χ0n) is 8.17. The van der Waals surface area contributed by atoms with Crippen molar-refractivity contribution < 1.29 is 9.53 Å². The molecule has 1 aromatic rings. The van der Waals surface area contributed by atoms with Crippen molar-refractivity contribution in [3.8, 4) is 0 Å². The second kappa shape index (κ2) is 5.79. The van der Waals surface area contributed by atoms with Crippen molar-refractivity contribution in [2.75, 3.05) is 13.0 Å². The molecule has 0 aliphatic carbocycles. The summed E-state index contributed by atoms with van der Waals surface area (Å²) in [6.45, 7) is 0. The van der Waals surface area contributed by atoms with Gasteiger partial charge in [-0.2, -0.15) is 0 Å². The van der Waals surface area contributed by atoms with Crippen LogP contribution in [-0.2, 0) is 4.74 Å². The van der Waals surface area contributed by atoms with Crippen LogP contribution in [0.5, 0.6) is 0 Å². The molecule has 0 atom stereocenters. The molecule has 0 N–H and O–H groups in total. The molecule has 0 heterocycles. The number of esters is 1. The number of halogens is 2. The average Bonchev–Trinajstić information content (AvgIpc) is 2.25. The van der Waals surface area contributed by atoms with Gasteiger partial charge in [0, 0.05) is 5.88 Å². The van der Waals surface area contributed by atoms with Gasteiger partial charge in [0.05, 0.1) is 17.7 Å². The number of alkyl halides is 1. The van der Waals surface area contributed by atoms with E-state index in [9.17, 15) is 4.79 Å². The van der Waals surface area contributed by atoms with Crippen LogP contribution in [-0.4, -0.2) is 19.0 Å². The molecule has 0 unspecified atom stereocenters. The molecule has 0 aliphatic heterocycles. The predicted octanol–water partition coefficient (Wildman–Crippen LogP) is 3.38. The lowest BCUT2D eigenvalue weighted by molar-refractivity contribution is 0.0601. The van der Waals surface area contributed by atoms with Gasteiger partial charge in [-0.1, -0.05) is 29.8 Å². The first kappa shape index (κ1) is 12.1. The molecule has 0 amide bonds. The Morgan fingerprint density at radius 3 is 2.80 bits per heavy atom. The predicted molar refractivity (Wildman–Crippen MR) is 62.5 cm³/mol. The minimum atomic E-state index is -0.437. The largest absolute Gasteiger partial charge is 0.465 e. The number of methoxy groups -OCH3 is 1. The summed E-state index contributed by atoms with van der Waals surface area (Å²) < 4.78 is 4.58. The van der Waals surface area contributed by atoms with E-state index in [-0.39, 0.29) is 0 Å². The number of benzene rings is 1. The molecule has 2 nitrogen and oxygen atoms in total. The number of hydrogen-bond acceptors (Lipinski definition) is 2. The number of allylic oxidation sites excluding steroid dienone is 1. The van der Waals surface area contributed by atoms with Crippen molar-refractivity contribution in [1.82, 2.24) is 0 Å². The zero-order valence-corrected chi connectivity index (χ0v) is 9.68. The monoisotopic (exact) mass is 244 g/mol. The normalized spacial score (nSPS) is 10.6. The van der Waals surface area contributed by atoms with Gasteiger partial charge in [0.2, 0.25) is 0 Å². The molecule has 1 rings (SSSR count). The molecule has 4 heteroatoms. The molecule has 0 aliphatic rings. The maximum atomic E-state index is 11.2. The smallest absolute Gasteiger partial charge is 0.339 e. The van der Waals surface area contributed by atoms with Crippen molar-refractivity contribution in [2.24, 2.45) is 0 Å². The Bertz CT molecular complexity index is 386. The summed E-state index contributed by atoms with van der Waals surface area (Å²) in [5, 5.41) is 0.374. The van der Waals surface area contributed by atoms with Crippen LogP contribution in [0.2, 0.25) is 5.02 Å². The van der Waals surface area contributed by atoms with E-state index in [1.54, 1.807) is 24.3 Å². The fourth-order valence-corrected chi connectivity index (χ4v) is 1.45. The second-order valence-electron chi connectivity index (χ2n) is 2.79. The molecule has 80 valence electrons. The third-order valence-electron chi connectivity index (χ3n) is 1.80. The minimum Gasteiger partial charge on any atom is -0.465 e. The Hall–Kier alpha value is -0.990. The highest BCUT2D eigenvalue weighted by Crippen LogP contribution is 2.19. The first-order chi connectivity index (χ1) is 7.19.